The van der Waals surface area contributed by atoms with E-state index in [1.165, 1.54) is 0 Å². The molecule has 68 valence electrons. The average molecular weight is 176 g/mol. The van der Waals surface area contributed by atoms with E-state index >= 15 is 0 Å². The molecule has 0 bridgehead atoms. The molecule has 1 heterocycles. The number of anilines is 1. The molecule has 13 heavy (non-hydrogen) atoms. The summed E-state index contributed by atoms with van der Waals surface area (Å²) in [4.78, 5) is 15.1. The maximum Gasteiger partial charge on any atom is 0.162 e. The van der Waals surface area contributed by atoms with Gasteiger partial charge in [-0.25, -0.2) is 4.98 Å². The smallest absolute Gasteiger partial charge is 0.162 e. The lowest BCUT2D eigenvalue weighted by Gasteiger charge is -2.00. The van der Waals surface area contributed by atoms with Crippen LogP contribution in [0, 0.1) is 0 Å². The number of rotatable bonds is 3. The molecule has 3 heteroatoms. The first-order valence-corrected chi connectivity index (χ1v) is 3.98. The molecular weight excluding hydrogens is 164 g/mol. The fraction of sp³-hybridized carbons (Fsp3) is 0.200. The Morgan fingerprint density at radius 2 is 2.38 bits per heavy atom. The number of hydrogen-bond donors (Lipinski definition) is 1. The van der Waals surface area contributed by atoms with E-state index in [1.807, 2.05) is 0 Å². The normalized spacial score (nSPS) is 9.62. The largest absolute Gasteiger partial charge is 0.384 e. The van der Waals surface area contributed by atoms with Gasteiger partial charge in [0, 0.05) is 12.6 Å². The number of aromatic nitrogens is 1. The van der Waals surface area contributed by atoms with Gasteiger partial charge in [-0.3, -0.25) is 4.79 Å². The highest BCUT2D eigenvalue weighted by molar-refractivity contribution is 5.95. The zero-order valence-corrected chi connectivity index (χ0v) is 7.58. The molecule has 0 saturated carbocycles. The third-order valence-corrected chi connectivity index (χ3v) is 1.69. The maximum absolute atomic E-state index is 11.3. The van der Waals surface area contributed by atoms with E-state index in [2.05, 4.69) is 11.6 Å². The quantitative estimate of drug-likeness (QED) is 0.707. The van der Waals surface area contributed by atoms with Crippen LogP contribution in [0.5, 0.6) is 0 Å². The van der Waals surface area contributed by atoms with Gasteiger partial charge in [-0.2, -0.15) is 0 Å². The predicted octanol–water partition coefficient (Wildman–Crippen LogP) is 1.35. The molecular formula is C10H12N2O. The van der Waals surface area contributed by atoms with Gasteiger partial charge in [0.05, 0.1) is 0 Å². The van der Waals surface area contributed by atoms with Crippen molar-refractivity contribution in [2.24, 2.45) is 0 Å². The fourth-order valence-electron chi connectivity index (χ4n) is 0.941. The summed E-state index contributed by atoms with van der Waals surface area (Å²) in [6.45, 7) is 5.28. The summed E-state index contributed by atoms with van der Waals surface area (Å²) in [5, 5.41) is 0. The van der Waals surface area contributed by atoms with Gasteiger partial charge in [0.1, 0.15) is 5.82 Å². The SMILES string of the molecule is C=C(C)C(=O)Cc1ccnc(N)c1. The molecule has 1 rings (SSSR count). The number of Topliss-reactive ketones (excluding diaryl/α,β-unsaturated/α-hetero) is 1. The van der Waals surface area contributed by atoms with Crippen molar-refractivity contribution in [1.82, 2.24) is 4.98 Å². The number of carbonyl (C=O) groups is 1. The minimum atomic E-state index is 0.0330. The van der Waals surface area contributed by atoms with Crippen molar-refractivity contribution >= 4 is 11.6 Å². The van der Waals surface area contributed by atoms with Crippen molar-refractivity contribution in [2.45, 2.75) is 13.3 Å². The molecule has 0 radical (unpaired) electrons. The number of nitrogens with two attached hydrogens (primary N) is 1. The van der Waals surface area contributed by atoms with Crippen LogP contribution >= 0.6 is 0 Å². The first-order chi connectivity index (χ1) is 6.09. The number of nitrogens with zero attached hydrogens (tertiary/aromatic N) is 1. The third kappa shape index (κ3) is 2.71. The van der Waals surface area contributed by atoms with Crippen molar-refractivity contribution < 1.29 is 4.79 Å². The molecule has 0 spiro atoms. The Balaban J connectivity index is 2.75. The van der Waals surface area contributed by atoms with Gasteiger partial charge >= 0.3 is 0 Å². The van der Waals surface area contributed by atoms with Crippen molar-refractivity contribution in [3.05, 3.63) is 36.0 Å². The summed E-state index contributed by atoms with van der Waals surface area (Å²) < 4.78 is 0. The lowest BCUT2D eigenvalue weighted by atomic mass is 10.1. The van der Waals surface area contributed by atoms with E-state index in [0.29, 0.717) is 17.8 Å². The molecule has 0 fully saturated rings. The molecule has 0 aliphatic carbocycles. The summed E-state index contributed by atoms with van der Waals surface area (Å²) in [5.41, 5.74) is 6.91. The molecule has 3 nitrogen and oxygen atoms in total. The van der Waals surface area contributed by atoms with Crippen LogP contribution in [-0.4, -0.2) is 10.8 Å². The summed E-state index contributed by atoms with van der Waals surface area (Å²) >= 11 is 0. The van der Waals surface area contributed by atoms with Crippen molar-refractivity contribution in [1.29, 1.82) is 0 Å². The van der Waals surface area contributed by atoms with E-state index in [1.54, 1.807) is 25.3 Å². The van der Waals surface area contributed by atoms with Gasteiger partial charge in [0.2, 0.25) is 0 Å². The summed E-state index contributed by atoms with van der Waals surface area (Å²) in [5.74, 6) is 0.470. The second-order valence-electron chi connectivity index (χ2n) is 2.97. The molecule has 0 saturated heterocycles. The van der Waals surface area contributed by atoms with Crippen LogP contribution in [0.2, 0.25) is 0 Å². The Hall–Kier alpha value is -1.64. The molecule has 0 unspecified atom stereocenters. The molecule has 0 atom stereocenters. The Morgan fingerprint density at radius 3 is 2.92 bits per heavy atom. The van der Waals surface area contributed by atoms with Crippen LogP contribution in [0.15, 0.2) is 30.5 Å². The van der Waals surface area contributed by atoms with Crippen LogP contribution in [0.1, 0.15) is 12.5 Å². The topological polar surface area (TPSA) is 56.0 Å². The number of nitrogen functional groups attached to an aromatic ring is 1. The van der Waals surface area contributed by atoms with Crippen LogP contribution in [-0.2, 0) is 11.2 Å². The van der Waals surface area contributed by atoms with E-state index < -0.39 is 0 Å². The zero-order valence-electron chi connectivity index (χ0n) is 7.58. The fourth-order valence-corrected chi connectivity index (χ4v) is 0.941. The maximum atomic E-state index is 11.3. The first-order valence-electron chi connectivity index (χ1n) is 3.98. The first kappa shape index (κ1) is 9.45. The molecule has 1 aromatic rings. The Bertz CT molecular complexity index is 345. The van der Waals surface area contributed by atoms with Gasteiger partial charge < -0.3 is 5.73 Å². The highest BCUT2D eigenvalue weighted by Gasteiger charge is 2.03. The van der Waals surface area contributed by atoms with E-state index in [-0.39, 0.29) is 5.78 Å². The number of hydrogen-bond acceptors (Lipinski definition) is 3. The van der Waals surface area contributed by atoms with Crippen LogP contribution in [0.25, 0.3) is 0 Å². The monoisotopic (exact) mass is 176 g/mol. The number of allylic oxidation sites excluding steroid dienone is 1. The van der Waals surface area contributed by atoms with Gasteiger partial charge in [0.15, 0.2) is 5.78 Å². The van der Waals surface area contributed by atoms with E-state index in [0.717, 1.165) is 5.56 Å². The van der Waals surface area contributed by atoms with Gasteiger partial charge in [-0.1, -0.05) is 6.58 Å². The van der Waals surface area contributed by atoms with Crippen LogP contribution in [0.3, 0.4) is 0 Å². The predicted molar refractivity (Wildman–Crippen MR) is 52.2 cm³/mol. The number of carbonyl (C=O) groups excluding carboxylic acids is 1. The minimum absolute atomic E-state index is 0.0330. The Labute approximate surface area is 77.3 Å². The molecule has 2 N–H and O–H groups in total. The second kappa shape index (κ2) is 3.85. The van der Waals surface area contributed by atoms with Crippen molar-refractivity contribution in [2.75, 3.05) is 5.73 Å². The summed E-state index contributed by atoms with van der Waals surface area (Å²) in [7, 11) is 0. The third-order valence-electron chi connectivity index (χ3n) is 1.69. The second-order valence-corrected chi connectivity index (χ2v) is 2.97. The minimum Gasteiger partial charge on any atom is -0.384 e. The summed E-state index contributed by atoms with van der Waals surface area (Å²) in [6.07, 6.45) is 1.94. The van der Waals surface area contributed by atoms with Crippen molar-refractivity contribution in [3.8, 4) is 0 Å². The summed E-state index contributed by atoms with van der Waals surface area (Å²) in [6, 6.07) is 3.47. The van der Waals surface area contributed by atoms with Gasteiger partial charge in [-0.05, 0) is 30.2 Å². The lowest BCUT2D eigenvalue weighted by Crippen LogP contribution is -2.03. The lowest BCUT2D eigenvalue weighted by molar-refractivity contribution is -0.114. The van der Waals surface area contributed by atoms with E-state index in [4.69, 9.17) is 5.73 Å². The molecule has 0 aliphatic heterocycles. The van der Waals surface area contributed by atoms with Crippen molar-refractivity contribution in [3.63, 3.8) is 0 Å². The van der Waals surface area contributed by atoms with Crippen LogP contribution in [0.4, 0.5) is 5.82 Å². The molecule has 0 aromatic carbocycles. The number of ketones is 1. The molecule has 0 amide bonds. The van der Waals surface area contributed by atoms with Crippen LogP contribution < -0.4 is 5.73 Å². The van der Waals surface area contributed by atoms with E-state index in [9.17, 15) is 4.79 Å². The average Bonchev–Trinajstić information content (AvgIpc) is 2.04. The number of pyridine rings is 1. The van der Waals surface area contributed by atoms with Gasteiger partial charge in [-0.15, -0.1) is 0 Å². The highest BCUT2D eigenvalue weighted by atomic mass is 16.1. The Kier molecular flexibility index (Phi) is 2.80. The molecule has 1 aromatic heterocycles. The zero-order chi connectivity index (χ0) is 9.84. The van der Waals surface area contributed by atoms with Gasteiger partial charge in [0.25, 0.3) is 0 Å². The highest BCUT2D eigenvalue weighted by Crippen LogP contribution is 2.06. The standard InChI is InChI=1S/C10H12N2O/c1-7(2)9(13)5-8-3-4-12-10(11)6-8/h3-4,6H,1,5H2,2H3,(H2,11,12). The molecule has 0 aliphatic rings. The Morgan fingerprint density at radius 1 is 1.69 bits per heavy atom.